The summed E-state index contributed by atoms with van der Waals surface area (Å²) < 4.78 is 33.1. The van der Waals surface area contributed by atoms with E-state index in [-0.39, 0.29) is 41.2 Å². The number of hydrogen-bond acceptors (Lipinski definition) is 9. The third-order valence-corrected chi connectivity index (χ3v) is 8.55. The van der Waals surface area contributed by atoms with E-state index >= 15 is 0 Å². The zero-order valence-electron chi connectivity index (χ0n) is 22.1. The molecule has 3 aromatic heterocycles. The van der Waals surface area contributed by atoms with Crippen LogP contribution < -0.4 is 9.64 Å². The van der Waals surface area contributed by atoms with Crippen molar-refractivity contribution in [1.29, 1.82) is 5.26 Å². The van der Waals surface area contributed by atoms with Crippen molar-refractivity contribution >= 4 is 23.1 Å². The lowest BCUT2D eigenvalue weighted by atomic mass is 9.90. The Bertz CT molecular complexity index is 1680. The van der Waals surface area contributed by atoms with E-state index in [1.807, 2.05) is 22.8 Å². The van der Waals surface area contributed by atoms with Crippen molar-refractivity contribution in [3.8, 4) is 11.9 Å². The standard InChI is InChI=1S/C29H27FN6O5/c30-21-12-17(14-31)4-5-18(21)16-40-23-3-1-2-22(32-23)35-9-7-29(8-10-35)13-20(29)24-33-26-25(34-27(41-26)28(37)38)36(24)15-19-6-11-39-19/h1-5,12,19-20H,6-11,13,15-16H2,(H,37,38)/t19-,20?/m0/s1. The number of carbonyl (C=O) groups is 1. The molecule has 0 amide bonds. The molecule has 41 heavy (non-hydrogen) atoms. The van der Waals surface area contributed by atoms with Crippen molar-refractivity contribution in [1.82, 2.24) is 19.5 Å². The third-order valence-electron chi connectivity index (χ3n) is 8.55. The molecule has 3 fully saturated rings. The van der Waals surface area contributed by atoms with E-state index in [0.717, 1.165) is 57.0 Å². The van der Waals surface area contributed by atoms with Crippen molar-refractivity contribution in [2.24, 2.45) is 5.41 Å². The highest BCUT2D eigenvalue weighted by Crippen LogP contribution is 2.65. The second-order valence-corrected chi connectivity index (χ2v) is 11.0. The average Bonchev–Trinajstić information content (AvgIpc) is 3.30. The number of benzene rings is 1. The number of aromatic carboxylic acids is 1. The summed E-state index contributed by atoms with van der Waals surface area (Å²) in [7, 11) is 0. The Balaban J connectivity index is 1.02. The maximum Gasteiger partial charge on any atom is 0.392 e. The Hall–Kier alpha value is -4.50. The summed E-state index contributed by atoms with van der Waals surface area (Å²) in [6.45, 7) is 2.97. The van der Waals surface area contributed by atoms with Gasteiger partial charge in [-0.05, 0) is 49.3 Å². The van der Waals surface area contributed by atoms with Crippen molar-refractivity contribution < 1.29 is 28.2 Å². The highest BCUT2D eigenvalue weighted by Gasteiger charge is 2.58. The molecule has 210 valence electrons. The third kappa shape index (κ3) is 4.66. The van der Waals surface area contributed by atoms with Gasteiger partial charge >= 0.3 is 11.9 Å². The number of carboxylic acid groups (broad SMARTS) is 1. The zero-order chi connectivity index (χ0) is 28.1. The molecule has 12 heteroatoms. The summed E-state index contributed by atoms with van der Waals surface area (Å²) in [5, 5.41) is 18.2. The Morgan fingerprint density at radius 1 is 1.22 bits per heavy atom. The number of halogens is 1. The molecule has 0 radical (unpaired) electrons. The first-order valence-corrected chi connectivity index (χ1v) is 13.7. The van der Waals surface area contributed by atoms with Crippen molar-refractivity contribution in [3.63, 3.8) is 0 Å². The van der Waals surface area contributed by atoms with Gasteiger partial charge in [-0.2, -0.15) is 20.2 Å². The normalized spacial score (nSPS) is 21.0. The van der Waals surface area contributed by atoms with E-state index in [2.05, 4.69) is 14.9 Å². The lowest BCUT2D eigenvalue weighted by Crippen LogP contribution is -2.36. The molecular formula is C29H27FN6O5. The first-order valence-electron chi connectivity index (χ1n) is 13.7. The number of pyridine rings is 1. The molecule has 1 unspecified atom stereocenters. The topological polar surface area (TPSA) is 140 Å². The maximum absolute atomic E-state index is 14.2. The van der Waals surface area contributed by atoms with Crippen LogP contribution in [0.2, 0.25) is 0 Å². The predicted octanol–water partition coefficient (Wildman–Crippen LogP) is 4.27. The summed E-state index contributed by atoms with van der Waals surface area (Å²) in [4.78, 5) is 27.2. The van der Waals surface area contributed by atoms with E-state index in [9.17, 15) is 14.3 Å². The second kappa shape index (κ2) is 9.85. The molecule has 1 aliphatic carbocycles. The summed E-state index contributed by atoms with van der Waals surface area (Å²) in [6, 6.07) is 11.8. The zero-order valence-corrected chi connectivity index (χ0v) is 22.1. The first kappa shape index (κ1) is 25.5. The lowest BCUT2D eigenvalue weighted by Gasteiger charge is -2.34. The van der Waals surface area contributed by atoms with E-state index in [4.69, 9.17) is 24.1 Å². The fourth-order valence-corrected chi connectivity index (χ4v) is 5.99. The van der Waals surface area contributed by atoms with Gasteiger partial charge in [0, 0.05) is 37.2 Å². The van der Waals surface area contributed by atoms with E-state index < -0.39 is 11.8 Å². The van der Waals surface area contributed by atoms with E-state index in [1.165, 1.54) is 6.07 Å². The van der Waals surface area contributed by atoms with Crippen molar-refractivity contribution in [2.45, 2.75) is 50.9 Å². The molecule has 1 spiro atoms. The van der Waals surface area contributed by atoms with Crippen LogP contribution >= 0.6 is 0 Å². The lowest BCUT2D eigenvalue weighted by molar-refractivity contribution is -0.0591. The van der Waals surface area contributed by atoms with Gasteiger partial charge in [-0.25, -0.2) is 9.18 Å². The number of aromatic nitrogens is 4. The number of nitrogens with zero attached hydrogens (tertiary/aromatic N) is 6. The van der Waals surface area contributed by atoms with Crippen molar-refractivity contribution in [3.05, 3.63) is 65.1 Å². The largest absolute Gasteiger partial charge is 0.474 e. The molecule has 2 saturated heterocycles. The molecule has 11 nitrogen and oxygen atoms in total. The SMILES string of the molecule is N#Cc1ccc(COc2cccc(N3CCC4(CC3)CC4c3nc4oc(C(=O)O)nc4n3C[C@@H]3CCO3)n2)c(F)c1. The number of imidazole rings is 1. The minimum Gasteiger partial charge on any atom is -0.474 e. The Morgan fingerprint density at radius 3 is 2.76 bits per heavy atom. The quantitative estimate of drug-likeness (QED) is 0.333. The Morgan fingerprint density at radius 2 is 2.05 bits per heavy atom. The molecule has 7 rings (SSSR count). The molecule has 1 saturated carbocycles. The van der Waals surface area contributed by atoms with Crippen LogP contribution in [0.1, 0.15) is 59.2 Å². The number of hydrogen-bond donors (Lipinski definition) is 1. The van der Waals surface area contributed by atoms with Crippen LogP contribution in [0.25, 0.3) is 11.4 Å². The van der Waals surface area contributed by atoms with Crippen LogP contribution in [-0.4, -0.2) is 56.4 Å². The number of ether oxygens (including phenoxy) is 2. The van der Waals surface area contributed by atoms with E-state index in [0.29, 0.717) is 23.6 Å². The fraction of sp³-hybridized carbons (Fsp3) is 0.414. The molecule has 1 N–H and O–H groups in total. The summed E-state index contributed by atoms with van der Waals surface area (Å²) >= 11 is 0. The first-order chi connectivity index (χ1) is 19.9. The van der Waals surface area contributed by atoms with Gasteiger partial charge < -0.3 is 28.5 Å². The van der Waals surface area contributed by atoms with Gasteiger partial charge in [-0.3, -0.25) is 0 Å². The molecule has 2 atom stereocenters. The minimum absolute atomic E-state index is 0.0169. The van der Waals surface area contributed by atoms with Gasteiger partial charge in [0.2, 0.25) is 11.5 Å². The van der Waals surface area contributed by atoms with Crippen molar-refractivity contribution in [2.75, 3.05) is 24.6 Å². The van der Waals surface area contributed by atoms with Gasteiger partial charge in [0.05, 0.1) is 24.3 Å². The Labute approximate surface area is 234 Å². The van der Waals surface area contributed by atoms with Gasteiger partial charge in [-0.1, -0.05) is 12.1 Å². The number of piperidine rings is 1. The molecule has 1 aromatic carbocycles. The summed E-state index contributed by atoms with van der Waals surface area (Å²) in [6.07, 6.45) is 3.95. The average molecular weight is 559 g/mol. The van der Waals surface area contributed by atoms with Crippen LogP contribution in [0.15, 0.2) is 40.8 Å². The minimum atomic E-state index is -1.21. The van der Waals surface area contributed by atoms with Gasteiger partial charge in [0.15, 0.2) is 0 Å². The van der Waals surface area contributed by atoms with Crippen LogP contribution in [0.3, 0.4) is 0 Å². The predicted molar refractivity (Wildman–Crippen MR) is 142 cm³/mol. The van der Waals surface area contributed by atoms with Crippen LogP contribution in [0, 0.1) is 22.6 Å². The van der Waals surface area contributed by atoms with Crippen LogP contribution in [-0.2, 0) is 17.9 Å². The molecule has 5 heterocycles. The molecule has 4 aromatic rings. The smallest absolute Gasteiger partial charge is 0.392 e. The second-order valence-electron chi connectivity index (χ2n) is 11.0. The molecule has 2 aliphatic heterocycles. The number of fused-ring (bicyclic) bond motifs is 1. The van der Waals surface area contributed by atoms with Gasteiger partial charge in [0.1, 0.15) is 24.1 Å². The number of rotatable bonds is 8. The number of carboxylic acids is 1. The van der Waals surface area contributed by atoms with Gasteiger partial charge in [-0.15, -0.1) is 0 Å². The fourth-order valence-electron chi connectivity index (χ4n) is 5.99. The van der Waals surface area contributed by atoms with E-state index in [1.54, 1.807) is 18.2 Å². The highest BCUT2D eigenvalue weighted by molar-refractivity contribution is 5.85. The molecule has 3 aliphatic rings. The monoisotopic (exact) mass is 558 g/mol. The maximum atomic E-state index is 14.2. The summed E-state index contributed by atoms with van der Waals surface area (Å²) in [5.41, 5.74) is 1.47. The number of anilines is 1. The van der Waals surface area contributed by atoms with Crippen LogP contribution in [0.5, 0.6) is 5.88 Å². The number of nitriles is 1. The van der Waals surface area contributed by atoms with Gasteiger partial charge in [0.25, 0.3) is 5.71 Å². The molecular weight excluding hydrogens is 531 g/mol. The Kier molecular flexibility index (Phi) is 6.12. The molecule has 0 bridgehead atoms. The number of oxazole rings is 1. The van der Waals surface area contributed by atoms with Crippen LogP contribution in [0.4, 0.5) is 10.2 Å². The highest BCUT2D eigenvalue weighted by atomic mass is 19.1. The summed E-state index contributed by atoms with van der Waals surface area (Å²) in [5.74, 6) is 0.316.